The third kappa shape index (κ3) is 4.89. The maximum absolute atomic E-state index is 6.21. The Hall–Kier alpha value is -0.730. The zero-order chi connectivity index (χ0) is 15.5. The highest BCUT2D eigenvalue weighted by molar-refractivity contribution is 6.30. The first-order valence-electron chi connectivity index (χ1n) is 8.11. The van der Waals surface area contributed by atoms with Gasteiger partial charge in [-0.25, -0.2) is 0 Å². The van der Waals surface area contributed by atoms with E-state index in [9.17, 15) is 0 Å². The van der Waals surface area contributed by atoms with E-state index in [0.717, 1.165) is 31.2 Å². The average Bonchev–Trinajstić information content (AvgIpc) is 2.37. The summed E-state index contributed by atoms with van der Waals surface area (Å²) in [6.07, 6.45) is 2.59. The molecule has 0 spiro atoms. The first-order valence-corrected chi connectivity index (χ1v) is 8.49. The minimum absolute atomic E-state index is 0.403. The fraction of sp³-hybridized carbons (Fsp3) is 0.667. The van der Waals surface area contributed by atoms with Gasteiger partial charge in [-0.1, -0.05) is 39.3 Å². The summed E-state index contributed by atoms with van der Waals surface area (Å²) in [5.74, 6) is 0.668. The molecule has 0 bridgehead atoms. The molecule has 0 atom stereocenters. The highest BCUT2D eigenvalue weighted by Crippen LogP contribution is 2.34. The Kier molecular flexibility index (Phi) is 5.56. The SMILES string of the molecule is CC(C)CNCc1cc(Cl)ccc1N1CCCC(C)(C)C1. The first kappa shape index (κ1) is 16.6. The molecule has 0 aromatic heterocycles. The maximum Gasteiger partial charge on any atom is 0.0413 e. The van der Waals surface area contributed by atoms with Gasteiger partial charge in [0.1, 0.15) is 0 Å². The van der Waals surface area contributed by atoms with Gasteiger partial charge < -0.3 is 10.2 Å². The molecule has 0 saturated carbocycles. The molecule has 118 valence electrons. The van der Waals surface area contributed by atoms with Crippen LogP contribution in [0.15, 0.2) is 18.2 Å². The lowest BCUT2D eigenvalue weighted by molar-refractivity contribution is 0.293. The van der Waals surface area contributed by atoms with E-state index in [1.54, 1.807) is 0 Å². The highest BCUT2D eigenvalue weighted by atomic mass is 35.5. The van der Waals surface area contributed by atoms with Gasteiger partial charge in [-0.3, -0.25) is 0 Å². The van der Waals surface area contributed by atoms with Gasteiger partial charge >= 0.3 is 0 Å². The lowest BCUT2D eigenvalue weighted by Crippen LogP contribution is -2.40. The fourth-order valence-corrected chi connectivity index (χ4v) is 3.32. The van der Waals surface area contributed by atoms with Gasteiger partial charge in [0.05, 0.1) is 0 Å². The van der Waals surface area contributed by atoms with Gasteiger partial charge in [0, 0.05) is 30.3 Å². The number of benzene rings is 1. The zero-order valence-electron chi connectivity index (χ0n) is 13.9. The molecule has 0 unspecified atom stereocenters. The van der Waals surface area contributed by atoms with Gasteiger partial charge in [0.15, 0.2) is 0 Å². The van der Waals surface area contributed by atoms with E-state index in [0.29, 0.717) is 11.3 Å². The molecule has 0 aliphatic carbocycles. The van der Waals surface area contributed by atoms with E-state index in [1.165, 1.54) is 24.1 Å². The predicted octanol–water partition coefficient (Wildman–Crippen LogP) is 4.71. The molecular formula is C18H29ClN2. The minimum atomic E-state index is 0.403. The zero-order valence-corrected chi connectivity index (χ0v) is 14.6. The van der Waals surface area contributed by atoms with E-state index in [2.05, 4.69) is 50.0 Å². The van der Waals surface area contributed by atoms with Crippen LogP contribution < -0.4 is 10.2 Å². The molecule has 1 heterocycles. The lowest BCUT2D eigenvalue weighted by atomic mass is 9.84. The summed E-state index contributed by atoms with van der Waals surface area (Å²) in [5, 5.41) is 4.37. The summed E-state index contributed by atoms with van der Waals surface area (Å²) in [7, 11) is 0. The molecular weight excluding hydrogens is 280 g/mol. The summed E-state index contributed by atoms with van der Waals surface area (Å²) in [6.45, 7) is 13.4. The number of rotatable bonds is 5. The molecule has 3 heteroatoms. The van der Waals surface area contributed by atoms with Crippen molar-refractivity contribution in [3.8, 4) is 0 Å². The molecule has 0 amide bonds. The molecule has 2 rings (SSSR count). The van der Waals surface area contributed by atoms with Crippen molar-refractivity contribution < 1.29 is 0 Å². The molecule has 1 aliphatic rings. The van der Waals surface area contributed by atoms with Crippen LogP contribution in [0.1, 0.15) is 46.1 Å². The monoisotopic (exact) mass is 308 g/mol. The van der Waals surface area contributed by atoms with Crippen LogP contribution in [0.4, 0.5) is 5.69 Å². The first-order chi connectivity index (χ1) is 9.87. The third-order valence-corrected chi connectivity index (χ3v) is 4.39. The topological polar surface area (TPSA) is 15.3 Å². The molecule has 1 aromatic rings. The Labute approximate surface area is 134 Å². The van der Waals surface area contributed by atoms with Gasteiger partial charge in [0.2, 0.25) is 0 Å². The number of nitrogens with zero attached hydrogens (tertiary/aromatic N) is 1. The minimum Gasteiger partial charge on any atom is -0.371 e. The molecule has 21 heavy (non-hydrogen) atoms. The van der Waals surface area contributed by atoms with Crippen LogP contribution in [-0.2, 0) is 6.54 Å². The molecule has 1 saturated heterocycles. The Morgan fingerprint density at radius 1 is 1.33 bits per heavy atom. The van der Waals surface area contributed by atoms with Crippen molar-refractivity contribution in [3.05, 3.63) is 28.8 Å². The van der Waals surface area contributed by atoms with Crippen molar-refractivity contribution >= 4 is 17.3 Å². The summed E-state index contributed by atoms with van der Waals surface area (Å²) >= 11 is 6.21. The Morgan fingerprint density at radius 3 is 2.76 bits per heavy atom. The Bertz CT molecular complexity index is 468. The lowest BCUT2D eigenvalue weighted by Gasteiger charge is -2.40. The fourth-order valence-electron chi connectivity index (χ4n) is 3.13. The Balaban J connectivity index is 2.14. The van der Waals surface area contributed by atoms with E-state index >= 15 is 0 Å². The van der Waals surface area contributed by atoms with Crippen LogP contribution in [0, 0.1) is 11.3 Å². The van der Waals surface area contributed by atoms with Crippen molar-refractivity contribution in [3.63, 3.8) is 0 Å². The quantitative estimate of drug-likeness (QED) is 0.847. The average molecular weight is 309 g/mol. The van der Waals surface area contributed by atoms with Crippen molar-refractivity contribution in [2.45, 2.75) is 47.1 Å². The molecule has 1 aliphatic heterocycles. The maximum atomic E-state index is 6.21. The number of anilines is 1. The second-order valence-electron chi connectivity index (χ2n) is 7.49. The molecule has 0 radical (unpaired) electrons. The van der Waals surface area contributed by atoms with Crippen LogP contribution in [0.25, 0.3) is 0 Å². The van der Waals surface area contributed by atoms with E-state index in [1.807, 2.05) is 6.07 Å². The van der Waals surface area contributed by atoms with Crippen LogP contribution in [0.3, 0.4) is 0 Å². The standard InChI is InChI=1S/C18H29ClN2/c1-14(2)11-20-12-15-10-16(19)6-7-17(15)21-9-5-8-18(3,4)13-21/h6-7,10,14,20H,5,8-9,11-13H2,1-4H3. The van der Waals surface area contributed by atoms with Crippen molar-refractivity contribution in [2.24, 2.45) is 11.3 Å². The van der Waals surface area contributed by atoms with Crippen LogP contribution in [0.5, 0.6) is 0 Å². The van der Waals surface area contributed by atoms with Crippen LogP contribution >= 0.6 is 11.6 Å². The van der Waals surface area contributed by atoms with Crippen molar-refractivity contribution in [2.75, 3.05) is 24.5 Å². The van der Waals surface area contributed by atoms with Crippen LogP contribution in [0.2, 0.25) is 5.02 Å². The number of piperidine rings is 1. The number of hydrogen-bond acceptors (Lipinski definition) is 2. The summed E-state index contributed by atoms with van der Waals surface area (Å²) in [4.78, 5) is 2.53. The van der Waals surface area contributed by atoms with Gasteiger partial charge in [0.25, 0.3) is 0 Å². The number of hydrogen-bond donors (Lipinski definition) is 1. The molecule has 1 fully saturated rings. The number of halogens is 1. The van der Waals surface area contributed by atoms with Crippen molar-refractivity contribution in [1.82, 2.24) is 5.32 Å². The highest BCUT2D eigenvalue weighted by Gasteiger charge is 2.27. The van der Waals surface area contributed by atoms with E-state index in [4.69, 9.17) is 11.6 Å². The summed E-state index contributed by atoms with van der Waals surface area (Å²) in [5.41, 5.74) is 3.07. The normalized spacial score (nSPS) is 18.3. The van der Waals surface area contributed by atoms with Crippen molar-refractivity contribution in [1.29, 1.82) is 0 Å². The molecule has 2 nitrogen and oxygen atoms in total. The second kappa shape index (κ2) is 7.02. The van der Waals surface area contributed by atoms with Gasteiger partial charge in [-0.05, 0) is 54.5 Å². The summed E-state index contributed by atoms with van der Waals surface area (Å²) in [6, 6.07) is 6.33. The van der Waals surface area contributed by atoms with E-state index < -0.39 is 0 Å². The second-order valence-corrected chi connectivity index (χ2v) is 7.92. The molecule has 1 N–H and O–H groups in total. The third-order valence-electron chi connectivity index (χ3n) is 4.15. The van der Waals surface area contributed by atoms with E-state index in [-0.39, 0.29) is 0 Å². The Morgan fingerprint density at radius 2 is 2.10 bits per heavy atom. The largest absolute Gasteiger partial charge is 0.371 e. The smallest absolute Gasteiger partial charge is 0.0413 e. The number of nitrogens with one attached hydrogen (secondary N) is 1. The summed E-state index contributed by atoms with van der Waals surface area (Å²) < 4.78 is 0. The predicted molar refractivity (Wildman–Crippen MR) is 93.2 cm³/mol. The molecule has 1 aromatic carbocycles. The van der Waals surface area contributed by atoms with Gasteiger partial charge in [-0.2, -0.15) is 0 Å². The van der Waals surface area contributed by atoms with Crippen LogP contribution in [-0.4, -0.2) is 19.6 Å². The van der Waals surface area contributed by atoms with Gasteiger partial charge in [-0.15, -0.1) is 0 Å².